The second-order valence-electron chi connectivity index (χ2n) is 20.3. The Morgan fingerprint density at radius 3 is 2.27 bits per heavy atom. The van der Waals surface area contributed by atoms with Crippen molar-refractivity contribution < 1.29 is 77.6 Å². The van der Waals surface area contributed by atoms with E-state index in [0.29, 0.717) is 56.3 Å². The number of para-hydroxylation sites is 1. The van der Waals surface area contributed by atoms with E-state index >= 15 is 0 Å². The largest absolute Gasteiger partial charge is 0.491 e. The predicted octanol–water partition coefficient (Wildman–Crippen LogP) is 4.99. The summed E-state index contributed by atoms with van der Waals surface area (Å²) in [5.41, 5.74) is 1.41. The average molecular weight is 998 g/mol. The summed E-state index contributed by atoms with van der Waals surface area (Å²) in [5.74, 6) is -8.94. The lowest BCUT2D eigenvalue weighted by molar-refractivity contribution is -0.302. The fourth-order valence-corrected chi connectivity index (χ4v) is 10.5. The second-order valence-corrected chi connectivity index (χ2v) is 20.3. The standard InChI is InChI=1S/C54H79NO16/c1-32-23-33(2)25-46(66-7)50-47(67-8)27-35(4)54(64,71-50)51(61)52(62)55-22-13-12-18-41(55)53(63)70-49(34(3)26-37-20-21-42(57)45(28-37)65-6)36(5)43(58)29-44(59)38(24-32)15-14-19-48(60)69-31-39(56)30-68-40-16-10-9-11-17-40/h9-11,14,16-17,19,24,26,33,35-39,41-43,45-47,49-50,56-58,64H,12-13,15,18,20-23,25,27-31H2,1-8H3/b19-14+,32-24+,34-26+/t33-,35+,36+,37-,38+,39?,41-,42+,43-,45+,46-,47-,49+,50+,54+/m0/s1. The van der Waals surface area contributed by atoms with E-state index in [4.69, 9.17) is 33.2 Å². The Bertz CT molecular complexity index is 2020. The lowest BCUT2D eigenvalue weighted by Crippen LogP contribution is -2.64. The van der Waals surface area contributed by atoms with Crippen LogP contribution in [0.3, 0.4) is 0 Å². The smallest absolute Gasteiger partial charge is 0.330 e. The molecule has 1 aromatic rings. The quantitative estimate of drug-likeness (QED) is 0.0882. The maximum absolute atomic E-state index is 14.5. The number of nitrogens with zero attached hydrogens (tertiary/aromatic N) is 1. The fourth-order valence-electron chi connectivity index (χ4n) is 10.5. The number of cyclic esters (lactones) is 1. The van der Waals surface area contributed by atoms with E-state index in [2.05, 4.69) is 0 Å². The number of hydrogen-bond donors (Lipinski definition) is 4. The molecule has 3 heterocycles. The third-order valence-electron chi connectivity index (χ3n) is 14.7. The van der Waals surface area contributed by atoms with Crippen LogP contribution in [0.1, 0.15) is 105 Å². The molecule has 1 saturated carbocycles. The third-order valence-corrected chi connectivity index (χ3v) is 14.7. The summed E-state index contributed by atoms with van der Waals surface area (Å²) in [4.78, 5) is 71.6. The third kappa shape index (κ3) is 15.6. The molecular weight excluding hydrogens is 919 g/mol. The van der Waals surface area contributed by atoms with E-state index in [1.54, 1.807) is 45.0 Å². The van der Waals surface area contributed by atoms with Crippen LogP contribution in [-0.2, 0) is 52.4 Å². The molecule has 4 aliphatic rings. The van der Waals surface area contributed by atoms with Crippen molar-refractivity contribution in [2.24, 2.45) is 29.6 Å². The monoisotopic (exact) mass is 998 g/mol. The molecule has 0 aromatic heterocycles. The molecule has 0 spiro atoms. The van der Waals surface area contributed by atoms with Gasteiger partial charge in [0, 0.05) is 58.1 Å². The molecule has 3 aliphatic heterocycles. The van der Waals surface area contributed by atoms with Gasteiger partial charge in [0.1, 0.15) is 49.1 Å². The molecule has 396 valence electrons. The number of aliphatic hydroxyl groups is 4. The number of esters is 2. The SMILES string of the molecule is CO[C@H]1C[C@@H](C)C/C(C)=C/[C@@H](C/C=C/C(=O)OCC(O)COc2ccccc2)C(=O)C[C@H](O)[C@@H](C)[C@@H](/C(C)=C/[C@@H]2CC[C@@H](O)[C@H](OC)C2)OC(=O)[C@@H]2CCCCN2C(=O)C(=O)[C@]2(O)O[C@H]1[C@@H](OC)C[C@H]2C. The number of Topliss-reactive ketones (excluding diaryl/α,β-unsaturated/α-hetero) is 2. The first-order valence-corrected chi connectivity index (χ1v) is 25.3. The number of ketones is 2. The number of amides is 1. The first-order valence-electron chi connectivity index (χ1n) is 25.3. The van der Waals surface area contributed by atoms with Crippen molar-refractivity contribution >= 4 is 29.4 Å². The Labute approximate surface area is 418 Å². The van der Waals surface area contributed by atoms with Gasteiger partial charge in [0.15, 0.2) is 0 Å². The summed E-state index contributed by atoms with van der Waals surface area (Å²) in [7, 11) is 4.53. The lowest BCUT2D eigenvalue weighted by Gasteiger charge is -2.47. The minimum Gasteiger partial charge on any atom is -0.491 e. The summed E-state index contributed by atoms with van der Waals surface area (Å²) in [5, 5.41) is 45.0. The summed E-state index contributed by atoms with van der Waals surface area (Å²) in [6.45, 7) is 8.54. The van der Waals surface area contributed by atoms with Crippen molar-refractivity contribution in [3.8, 4) is 5.75 Å². The van der Waals surface area contributed by atoms with E-state index in [9.17, 15) is 44.4 Å². The molecule has 71 heavy (non-hydrogen) atoms. The molecule has 17 heteroatoms. The van der Waals surface area contributed by atoms with Gasteiger partial charge < -0.3 is 58.5 Å². The molecule has 4 N–H and O–H groups in total. The maximum Gasteiger partial charge on any atom is 0.330 e. The number of allylic oxidation sites excluding steroid dienone is 4. The Kier molecular flexibility index (Phi) is 22.0. The number of methoxy groups -OCH3 is 3. The van der Waals surface area contributed by atoms with Gasteiger partial charge in [-0.25, -0.2) is 9.59 Å². The van der Waals surface area contributed by atoms with Gasteiger partial charge in [-0.15, -0.1) is 0 Å². The molecule has 2 bridgehead atoms. The first kappa shape index (κ1) is 57.6. The summed E-state index contributed by atoms with van der Waals surface area (Å²) in [6, 6.07) is 7.69. The summed E-state index contributed by atoms with van der Waals surface area (Å²) < 4.78 is 40.8. The highest BCUT2D eigenvalue weighted by Gasteiger charge is 2.56. The number of piperidine rings is 1. The second kappa shape index (κ2) is 27.1. The zero-order valence-electron chi connectivity index (χ0n) is 42.8. The van der Waals surface area contributed by atoms with Crippen LogP contribution in [-0.4, -0.2) is 156 Å². The van der Waals surface area contributed by atoms with Gasteiger partial charge in [-0.05, 0) is 108 Å². The number of benzene rings is 1. The molecule has 1 amide bonds. The van der Waals surface area contributed by atoms with Gasteiger partial charge in [0.25, 0.3) is 11.7 Å². The van der Waals surface area contributed by atoms with E-state index in [1.165, 1.54) is 33.5 Å². The summed E-state index contributed by atoms with van der Waals surface area (Å²) >= 11 is 0. The van der Waals surface area contributed by atoms with Crippen molar-refractivity contribution in [3.05, 3.63) is 65.8 Å². The molecule has 3 fully saturated rings. The number of carbonyl (C=O) groups excluding carboxylic acids is 5. The van der Waals surface area contributed by atoms with Crippen LogP contribution in [0.15, 0.2) is 65.8 Å². The van der Waals surface area contributed by atoms with Crippen molar-refractivity contribution in [1.29, 1.82) is 0 Å². The highest BCUT2D eigenvalue weighted by molar-refractivity contribution is 6.39. The van der Waals surface area contributed by atoms with Gasteiger partial charge in [-0.1, -0.05) is 62.8 Å². The lowest BCUT2D eigenvalue weighted by atomic mass is 9.81. The van der Waals surface area contributed by atoms with Gasteiger partial charge in [0.2, 0.25) is 5.79 Å². The normalized spacial score (nSPS) is 35.7. The molecular formula is C54H79NO16. The zero-order valence-corrected chi connectivity index (χ0v) is 42.8. The fraction of sp³-hybridized carbons (Fsp3) is 0.685. The molecule has 1 aromatic carbocycles. The Balaban J connectivity index is 1.47. The first-order chi connectivity index (χ1) is 33.8. The minimum absolute atomic E-state index is 0.0394. The Morgan fingerprint density at radius 1 is 0.887 bits per heavy atom. The Hall–Kier alpha value is -4.33. The van der Waals surface area contributed by atoms with Gasteiger partial charge in [-0.2, -0.15) is 0 Å². The van der Waals surface area contributed by atoms with E-state index in [-0.39, 0.29) is 63.1 Å². The molecule has 17 nitrogen and oxygen atoms in total. The number of fused-ring (bicyclic) bond motifs is 3. The number of rotatable bonds is 13. The van der Waals surface area contributed by atoms with Crippen LogP contribution in [0.4, 0.5) is 0 Å². The predicted molar refractivity (Wildman–Crippen MR) is 260 cm³/mol. The molecule has 15 atom stereocenters. The van der Waals surface area contributed by atoms with Crippen molar-refractivity contribution in [1.82, 2.24) is 4.90 Å². The molecule has 2 saturated heterocycles. The topological polar surface area (TPSA) is 234 Å². The molecule has 0 radical (unpaired) electrons. The van der Waals surface area contributed by atoms with Crippen molar-refractivity contribution in [2.45, 2.75) is 166 Å². The van der Waals surface area contributed by atoms with Gasteiger partial charge in [0.05, 0.1) is 30.5 Å². The molecule has 1 aliphatic carbocycles. The van der Waals surface area contributed by atoms with Crippen LogP contribution in [0.2, 0.25) is 0 Å². The van der Waals surface area contributed by atoms with Crippen molar-refractivity contribution in [3.63, 3.8) is 0 Å². The number of hydrogen-bond acceptors (Lipinski definition) is 16. The zero-order chi connectivity index (χ0) is 52.0. The number of ether oxygens (including phenoxy) is 7. The van der Waals surface area contributed by atoms with E-state index < -0.39 is 102 Å². The van der Waals surface area contributed by atoms with Crippen LogP contribution in [0.5, 0.6) is 5.75 Å². The van der Waals surface area contributed by atoms with E-state index in [0.717, 1.165) is 10.5 Å². The maximum atomic E-state index is 14.5. The van der Waals surface area contributed by atoms with Crippen LogP contribution < -0.4 is 4.74 Å². The van der Waals surface area contributed by atoms with Gasteiger partial charge >= 0.3 is 11.9 Å². The number of carbonyl (C=O) groups is 5. The van der Waals surface area contributed by atoms with Crippen LogP contribution in [0, 0.1) is 29.6 Å². The highest BCUT2D eigenvalue weighted by atomic mass is 16.7. The minimum atomic E-state index is -2.57. The highest BCUT2D eigenvalue weighted by Crippen LogP contribution is 2.39. The van der Waals surface area contributed by atoms with Gasteiger partial charge in [-0.3, -0.25) is 14.4 Å². The van der Waals surface area contributed by atoms with E-state index in [1.807, 2.05) is 32.1 Å². The Morgan fingerprint density at radius 2 is 1.58 bits per heavy atom. The summed E-state index contributed by atoms with van der Waals surface area (Å²) in [6.07, 6.45) is 3.09. The van der Waals surface area contributed by atoms with Crippen LogP contribution in [0.25, 0.3) is 0 Å². The van der Waals surface area contributed by atoms with Crippen LogP contribution >= 0.6 is 0 Å². The average Bonchev–Trinajstić information content (AvgIpc) is 3.35. The number of aliphatic hydroxyl groups excluding tert-OH is 3. The molecule has 5 rings (SSSR count). The van der Waals surface area contributed by atoms with Crippen molar-refractivity contribution in [2.75, 3.05) is 41.1 Å². The molecule has 1 unspecified atom stereocenters.